The van der Waals surface area contributed by atoms with Gasteiger partial charge in [-0.15, -0.1) is 0 Å². The number of benzene rings is 2. The smallest absolute Gasteiger partial charge is 0.335 e. The summed E-state index contributed by atoms with van der Waals surface area (Å²) in [5.74, 6) is -2.95. The van der Waals surface area contributed by atoms with Crippen LogP contribution in [0, 0.1) is 11.6 Å². The van der Waals surface area contributed by atoms with Gasteiger partial charge in [0.05, 0.1) is 5.56 Å². The van der Waals surface area contributed by atoms with Crippen molar-refractivity contribution >= 4 is 11.9 Å². The first-order valence-corrected chi connectivity index (χ1v) is 8.70. The highest BCUT2D eigenvalue weighted by atomic mass is 19.1. The Morgan fingerprint density at radius 1 is 1.11 bits per heavy atom. The molecule has 1 amide bonds. The first-order valence-electron chi connectivity index (χ1n) is 8.70. The topological polar surface area (TPSA) is 83.6 Å². The summed E-state index contributed by atoms with van der Waals surface area (Å²) in [4.78, 5) is 25.5. The van der Waals surface area contributed by atoms with Crippen molar-refractivity contribution in [3.63, 3.8) is 0 Å². The Hall–Kier alpha value is -2.80. The number of carbonyl (C=O) groups is 2. The molecule has 3 N–H and O–H groups in total. The number of nitrogens with two attached hydrogens (primary N) is 1. The van der Waals surface area contributed by atoms with E-state index >= 15 is 0 Å². The Morgan fingerprint density at radius 2 is 1.78 bits per heavy atom. The van der Waals surface area contributed by atoms with E-state index < -0.39 is 29.6 Å². The number of piperidine rings is 1. The number of hydrogen-bond donors (Lipinski definition) is 2. The molecule has 0 spiro atoms. The van der Waals surface area contributed by atoms with E-state index in [1.54, 1.807) is 29.2 Å². The Kier molecular flexibility index (Phi) is 5.51. The van der Waals surface area contributed by atoms with Crippen LogP contribution in [0.5, 0.6) is 0 Å². The molecule has 1 fully saturated rings. The van der Waals surface area contributed by atoms with E-state index in [-0.39, 0.29) is 17.0 Å². The van der Waals surface area contributed by atoms with Gasteiger partial charge in [-0.2, -0.15) is 0 Å². The normalized spacial score (nSPS) is 16.2. The molecule has 1 unspecified atom stereocenters. The molecule has 1 heterocycles. The van der Waals surface area contributed by atoms with Gasteiger partial charge in [0.2, 0.25) is 5.91 Å². The summed E-state index contributed by atoms with van der Waals surface area (Å²) in [5.41, 5.74) is 6.88. The second-order valence-electron chi connectivity index (χ2n) is 6.64. The Bertz CT molecular complexity index is 864. The zero-order valence-corrected chi connectivity index (χ0v) is 14.6. The highest BCUT2D eigenvalue weighted by molar-refractivity contribution is 5.89. The van der Waals surface area contributed by atoms with Gasteiger partial charge in [0, 0.05) is 24.7 Å². The molecule has 142 valence electrons. The Morgan fingerprint density at radius 3 is 2.41 bits per heavy atom. The SMILES string of the molecule is NC(C(=O)N1CCC(c2ccccc2C(=O)O)CC1)c1ccc(F)cc1F. The van der Waals surface area contributed by atoms with Crippen molar-refractivity contribution in [3.05, 3.63) is 70.8 Å². The number of rotatable bonds is 4. The molecular weight excluding hydrogens is 354 g/mol. The van der Waals surface area contributed by atoms with Gasteiger partial charge >= 0.3 is 5.97 Å². The molecule has 3 rings (SSSR count). The third kappa shape index (κ3) is 3.98. The van der Waals surface area contributed by atoms with Crippen LogP contribution in [0.15, 0.2) is 42.5 Å². The third-order valence-corrected chi connectivity index (χ3v) is 5.00. The standard InChI is InChI=1S/C20H20F2N2O3/c21-13-5-6-16(17(22)11-13)18(23)19(25)24-9-7-12(8-10-24)14-3-1-2-4-15(14)20(26)27/h1-6,11-12,18H,7-10,23H2,(H,26,27). The zero-order chi connectivity index (χ0) is 19.6. The molecule has 2 aromatic carbocycles. The molecule has 7 heteroatoms. The number of carboxylic acid groups (broad SMARTS) is 1. The van der Waals surface area contributed by atoms with Crippen LogP contribution in [0.3, 0.4) is 0 Å². The van der Waals surface area contributed by atoms with Gasteiger partial charge in [0.1, 0.15) is 17.7 Å². The maximum Gasteiger partial charge on any atom is 0.335 e. The monoisotopic (exact) mass is 374 g/mol. The summed E-state index contributed by atoms with van der Waals surface area (Å²) in [5, 5.41) is 9.34. The second-order valence-corrected chi connectivity index (χ2v) is 6.64. The lowest BCUT2D eigenvalue weighted by Gasteiger charge is -2.34. The van der Waals surface area contributed by atoms with E-state index in [0.29, 0.717) is 32.0 Å². The minimum absolute atomic E-state index is 0.0279. The van der Waals surface area contributed by atoms with Crippen molar-refractivity contribution in [3.8, 4) is 0 Å². The minimum Gasteiger partial charge on any atom is -0.478 e. The predicted octanol–water partition coefficient (Wildman–Crippen LogP) is 3.07. The van der Waals surface area contributed by atoms with Crippen LogP contribution in [0.25, 0.3) is 0 Å². The number of nitrogens with zero attached hydrogens (tertiary/aromatic N) is 1. The lowest BCUT2D eigenvalue weighted by molar-refractivity contribution is -0.133. The number of carboxylic acids is 1. The first kappa shape index (κ1) is 19.0. The van der Waals surface area contributed by atoms with Crippen LogP contribution in [0.2, 0.25) is 0 Å². The molecule has 2 aromatic rings. The Balaban J connectivity index is 1.68. The lowest BCUT2D eigenvalue weighted by Crippen LogP contribution is -2.43. The van der Waals surface area contributed by atoms with Crippen molar-refractivity contribution in [2.24, 2.45) is 5.73 Å². The fourth-order valence-corrected chi connectivity index (χ4v) is 3.54. The van der Waals surface area contributed by atoms with Crippen molar-refractivity contribution in [2.75, 3.05) is 13.1 Å². The first-order chi connectivity index (χ1) is 12.9. The molecule has 0 bridgehead atoms. The minimum atomic E-state index is -1.20. The molecule has 27 heavy (non-hydrogen) atoms. The number of aromatic carboxylic acids is 1. The maximum atomic E-state index is 13.9. The maximum absolute atomic E-state index is 13.9. The van der Waals surface area contributed by atoms with Gasteiger partial charge in [-0.3, -0.25) is 4.79 Å². The Labute approximate surface area is 155 Å². The number of hydrogen-bond acceptors (Lipinski definition) is 3. The molecule has 1 aliphatic rings. The van der Waals surface area contributed by atoms with E-state index in [1.807, 2.05) is 0 Å². The lowest BCUT2D eigenvalue weighted by atomic mass is 9.86. The molecule has 0 aliphatic carbocycles. The quantitative estimate of drug-likeness (QED) is 0.862. The summed E-state index contributed by atoms with van der Waals surface area (Å²) in [7, 11) is 0. The van der Waals surface area contributed by atoms with E-state index in [4.69, 9.17) is 5.73 Å². The molecule has 1 saturated heterocycles. The number of likely N-dealkylation sites (tertiary alicyclic amines) is 1. The highest BCUT2D eigenvalue weighted by Gasteiger charge is 2.30. The predicted molar refractivity (Wildman–Crippen MR) is 95.2 cm³/mol. The van der Waals surface area contributed by atoms with Gasteiger partial charge < -0.3 is 15.7 Å². The molecular formula is C20H20F2N2O3. The summed E-state index contributed by atoms with van der Waals surface area (Å²) in [6.45, 7) is 0.794. The zero-order valence-electron chi connectivity index (χ0n) is 14.6. The molecule has 0 saturated carbocycles. The molecule has 0 radical (unpaired) electrons. The van der Waals surface area contributed by atoms with Crippen LogP contribution >= 0.6 is 0 Å². The molecule has 1 atom stereocenters. The van der Waals surface area contributed by atoms with E-state index in [9.17, 15) is 23.5 Å². The fourth-order valence-electron chi connectivity index (χ4n) is 3.54. The van der Waals surface area contributed by atoms with Gasteiger partial charge in [-0.25, -0.2) is 13.6 Å². The van der Waals surface area contributed by atoms with E-state index in [1.165, 1.54) is 6.07 Å². The van der Waals surface area contributed by atoms with Crippen molar-refractivity contribution in [1.82, 2.24) is 4.90 Å². The fraction of sp³-hybridized carbons (Fsp3) is 0.300. The van der Waals surface area contributed by atoms with Crippen LogP contribution < -0.4 is 5.73 Å². The molecule has 1 aliphatic heterocycles. The van der Waals surface area contributed by atoms with Crippen molar-refractivity contribution in [1.29, 1.82) is 0 Å². The third-order valence-electron chi connectivity index (χ3n) is 5.00. The summed E-state index contributed by atoms with van der Waals surface area (Å²) in [6, 6.07) is 8.61. The average Bonchev–Trinajstić information content (AvgIpc) is 2.67. The van der Waals surface area contributed by atoms with Crippen LogP contribution in [-0.2, 0) is 4.79 Å². The summed E-state index contributed by atoms with van der Waals surface area (Å²) in [6.07, 6.45) is 1.18. The van der Waals surface area contributed by atoms with Crippen LogP contribution in [-0.4, -0.2) is 35.0 Å². The number of carbonyl (C=O) groups excluding carboxylic acids is 1. The summed E-state index contributed by atoms with van der Waals surface area (Å²) >= 11 is 0. The number of halogens is 2. The average molecular weight is 374 g/mol. The van der Waals surface area contributed by atoms with Gasteiger partial charge in [0.25, 0.3) is 0 Å². The van der Waals surface area contributed by atoms with Gasteiger partial charge in [0.15, 0.2) is 0 Å². The van der Waals surface area contributed by atoms with Gasteiger partial charge in [-0.1, -0.05) is 24.3 Å². The van der Waals surface area contributed by atoms with Crippen molar-refractivity contribution < 1.29 is 23.5 Å². The molecule has 0 aromatic heterocycles. The van der Waals surface area contributed by atoms with E-state index in [2.05, 4.69) is 0 Å². The van der Waals surface area contributed by atoms with Crippen molar-refractivity contribution in [2.45, 2.75) is 24.8 Å². The van der Waals surface area contributed by atoms with E-state index in [0.717, 1.165) is 11.6 Å². The van der Waals surface area contributed by atoms with Gasteiger partial charge in [-0.05, 0) is 36.5 Å². The number of amides is 1. The second kappa shape index (κ2) is 7.84. The van der Waals surface area contributed by atoms with Crippen LogP contribution in [0.1, 0.15) is 46.3 Å². The highest BCUT2D eigenvalue weighted by Crippen LogP contribution is 2.31. The molecule has 5 nitrogen and oxygen atoms in total. The summed E-state index contributed by atoms with van der Waals surface area (Å²) < 4.78 is 26.9. The largest absolute Gasteiger partial charge is 0.478 e. The van der Waals surface area contributed by atoms with Crippen LogP contribution in [0.4, 0.5) is 8.78 Å².